The van der Waals surface area contributed by atoms with E-state index in [1.54, 1.807) is 0 Å². The lowest BCUT2D eigenvalue weighted by molar-refractivity contribution is -0.139. The Bertz CT molecular complexity index is 833. The molecule has 262 valence electrons. The van der Waals surface area contributed by atoms with E-state index < -0.39 is 24.4 Å². The molecule has 4 N–H and O–H groups in total. The lowest BCUT2D eigenvalue weighted by Gasteiger charge is -2.24. The third-order valence-corrected chi connectivity index (χ3v) is 10.2. The van der Waals surface area contributed by atoms with Crippen LogP contribution in [0.25, 0.3) is 0 Å². The zero-order valence-electron chi connectivity index (χ0n) is 28.5. The Morgan fingerprint density at radius 2 is 1.11 bits per heavy atom. The van der Waals surface area contributed by atoms with Crippen LogP contribution in [0.1, 0.15) is 162 Å². The predicted octanol–water partition coefficient (Wildman–Crippen LogP) is 6.83. The van der Waals surface area contributed by atoms with Gasteiger partial charge in [-0.25, -0.2) is 4.79 Å². The number of hydrogen-bond acceptors (Lipinski definition) is 8. The first kappa shape index (κ1) is 38.4. The van der Waals surface area contributed by atoms with E-state index in [2.05, 4.69) is 6.92 Å². The summed E-state index contributed by atoms with van der Waals surface area (Å²) in [6, 6.07) is 0. The molecule has 0 aromatic carbocycles. The molecule has 3 aliphatic rings. The molecule has 0 radical (unpaired) electrons. The molecule has 0 aromatic heterocycles. The maximum absolute atomic E-state index is 11.6. The van der Waals surface area contributed by atoms with Gasteiger partial charge in [-0.1, -0.05) is 84.0 Å². The number of aliphatic hydroxyl groups is 4. The van der Waals surface area contributed by atoms with Crippen molar-refractivity contribution in [2.75, 3.05) is 0 Å². The van der Waals surface area contributed by atoms with Crippen LogP contribution >= 0.6 is 0 Å². The van der Waals surface area contributed by atoms with Crippen LogP contribution in [-0.2, 0) is 19.0 Å². The number of hydrogen-bond donors (Lipinski definition) is 4. The summed E-state index contributed by atoms with van der Waals surface area (Å²) >= 11 is 0. The predicted molar refractivity (Wildman–Crippen MR) is 177 cm³/mol. The van der Waals surface area contributed by atoms with Gasteiger partial charge < -0.3 is 34.6 Å². The molecule has 8 nitrogen and oxygen atoms in total. The lowest BCUT2D eigenvalue weighted by atomic mass is 9.98. The van der Waals surface area contributed by atoms with Gasteiger partial charge in [0.25, 0.3) is 0 Å². The Hall–Kier alpha value is -1.03. The molecule has 2 fully saturated rings. The van der Waals surface area contributed by atoms with E-state index in [4.69, 9.17) is 14.2 Å². The van der Waals surface area contributed by atoms with Gasteiger partial charge in [0, 0.05) is 5.57 Å². The van der Waals surface area contributed by atoms with E-state index in [0.717, 1.165) is 82.6 Å². The number of ether oxygens (including phenoxy) is 3. The van der Waals surface area contributed by atoms with Crippen molar-refractivity contribution in [3.8, 4) is 0 Å². The number of unbranched alkanes of at least 4 members (excludes halogenated alkanes) is 11. The number of esters is 1. The van der Waals surface area contributed by atoms with Crippen LogP contribution in [0, 0.1) is 0 Å². The van der Waals surface area contributed by atoms with Gasteiger partial charge in [0.15, 0.2) is 0 Å². The number of carbonyl (C=O) groups is 1. The van der Waals surface area contributed by atoms with Crippen LogP contribution in [0.15, 0.2) is 11.6 Å². The van der Waals surface area contributed by atoms with E-state index in [9.17, 15) is 25.2 Å². The van der Waals surface area contributed by atoms with E-state index in [0.29, 0.717) is 25.7 Å². The quantitative estimate of drug-likeness (QED) is 0.0634. The van der Waals surface area contributed by atoms with Crippen molar-refractivity contribution in [1.29, 1.82) is 0 Å². The summed E-state index contributed by atoms with van der Waals surface area (Å²) in [5.41, 5.74) is 0.857. The molecule has 3 heterocycles. The topological polar surface area (TPSA) is 126 Å². The SMILES string of the molecule is CCCCC[C@@H](O)[C@H](O)CCC[C@@H](O)[C@H]1CC[C@H]([C@H]2CC[C@H]([C@H](O)CCCCCCCCCCCCC3=C[C@H](C)OC3=O)O2)O1. The molecule has 3 aliphatic heterocycles. The summed E-state index contributed by atoms with van der Waals surface area (Å²) in [5.74, 6) is -0.129. The van der Waals surface area contributed by atoms with Crippen LogP contribution < -0.4 is 0 Å². The second kappa shape index (κ2) is 21.8. The highest BCUT2D eigenvalue weighted by Gasteiger charge is 2.40. The van der Waals surface area contributed by atoms with E-state index in [-0.39, 0.29) is 36.5 Å². The molecular weight excluding hydrogens is 572 g/mol. The summed E-state index contributed by atoms with van der Waals surface area (Å²) in [6.45, 7) is 4.03. The molecule has 2 saturated heterocycles. The molecule has 0 aliphatic carbocycles. The van der Waals surface area contributed by atoms with Crippen molar-refractivity contribution in [1.82, 2.24) is 0 Å². The maximum Gasteiger partial charge on any atom is 0.334 e. The van der Waals surface area contributed by atoms with Crippen molar-refractivity contribution in [2.24, 2.45) is 0 Å². The Morgan fingerprint density at radius 3 is 1.62 bits per heavy atom. The molecule has 0 unspecified atom stereocenters. The van der Waals surface area contributed by atoms with Crippen LogP contribution in [0.3, 0.4) is 0 Å². The number of carbonyl (C=O) groups excluding carboxylic acids is 1. The highest BCUT2D eigenvalue weighted by molar-refractivity contribution is 5.90. The second-order valence-electron chi connectivity index (χ2n) is 14.2. The summed E-state index contributed by atoms with van der Waals surface area (Å²) in [6.07, 6.45) is 21.5. The van der Waals surface area contributed by atoms with Gasteiger partial charge in [-0.05, 0) is 83.6 Å². The minimum absolute atomic E-state index is 0.0121. The minimum atomic E-state index is -0.729. The summed E-state index contributed by atoms with van der Waals surface area (Å²) in [5, 5.41) is 41.8. The molecule has 0 amide bonds. The van der Waals surface area contributed by atoms with Gasteiger partial charge in [0.1, 0.15) is 6.10 Å². The zero-order chi connectivity index (χ0) is 32.4. The smallest absolute Gasteiger partial charge is 0.334 e. The maximum atomic E-state index is 11.6. The van der Waals surface area contributed by atoms with Gasteiger partial charge >= 0.3 is 5.97 Å². The lowest BCUT2D eigenvalue weighted by Crippen LogP contribution is -2.33. The monoisotopic (exact) mass is 638 g/mol. The Balaban J connectivity index is 1.14. The highest BCUT2D eigenvalue weighted by Crippen LogP contribution is 2.34. The number of cyclic esters (lactones) is 1. The second-order valence-corrected chi connectivity index (χ2v) is 14.2. The van der Waals surface area contributed by atoms with Crippen LogP contribution in [0.4, 0.5) is 0 Å². The molecule has 0 spiro atoms. The standard InChI is InChI=1S/C37H66O8/c1-3-4-13-18-29(38)30(39)20-16-21-32(41)34-23-25-36(45-34)35-24-22-33(44-35)31(40)19-15-12-10-8-6-5-7-9-11-14-17-28-26-27(2)43-37(28)42/h26-27,29-36,38-41H,3-25H2,1-2H3/t27-,29+,30+,31+,32+,33+,34+,35+,36+/m0/s1. The number of rotatable bonds is 25. The van der Waals surface area contributed by atoms with E-state index >= 15 is 0 Å². The summed E-state index contributed by atoms with van der Waals surface area (Å²) < 4.78 is 17.6. The molecule has 3 rings (SSSR count). The fourth-order valence-electron chi connectivity index (χ4n) is 7.29. The Labute approximate surface area is 273 Å². The first-order valence-corrected chi connectivity index (χ1v) is 18.7. The average molecular weight is 639 g/mol. The molecule has 0 bridgehead atoms. The van der Waals surface area contributed by atoms with Crippen LogP contribution in [0.2, 0.25) is 0 Å². The zero-order valence-corrected chi connectivity index (χ0v) is 28.5. The summed E-state index contributed by atoms with van der Waals surface area (Å²) in [4.78, 5) is 11.6. The van der Waals surface area contributed by atoms with Gasteiger partial charge in [0.2, 0.25) is 0 Å². The van der Waals surface area contributed by atoms with Crippen molar-refractivity contribution >= 4 is 5.97 Å². The van der Waals surface area contributed by atoms with E-state index in [1.807, 2.05) is 13.0 Å². The average Bonchev–Trinajstić information content (AvgIpc) is 3.77. The third-order valence-electron chi connectivity index (χ3n) is 10.2. The first-order valence-electron chi connectivity index (χ1n) is 18.7. The van der Waals surface area contributed by atoms with Gasteiger partial charge in [-0.3, -0.25) is 0 Å². The minimum Gasteiger partial charge on any atom is -0.455 e. The Kier molecular flexibility index (Phi) is 18.6. The van der Waals surface area contributed by atoms with Crippen molar-refractivity contribution < 1.29 is 39.4 Å². The molecule has 0 aromatic rings. The van der Waals surface area contributed by atoms with Crippen LogP contribution in [-0.4, -0.2) is 81.3 Å². The number of aliphatic hydroxyl groups excluding tert-OH is 4. The van der Waals surface area contributed by atoms with Gasteiger partial charge in [0.05, 0.1) is 48.8 Å². The van der Waals surface area contributed by atoms with Crippen molar-refractivity contribution in [3.63, 3.8) is 0 Å². The van der Waals surface area contributed by atoms with Gasteiger partial charge in [-0.15, -0.1) is 0 Å². The highest BCUT2D eigenvalue weighted by atomic mass is 16.6. The van der Waals surface area contributed by atoms with E-state index in [1.165, 1.54) is 44.9 Å². The summed E-state index contributed by atoms with van der Waals surface area (Å²) in [7, 11) is 0. The van der Waals surface area contributed by atoms with Crippen molar-refractivity contribution in [3.05, 3.63) is 11.6 Å². The molecule has 9 atom stereocenters. The van der Waals surface area contributed by atoms with Crippen LogP contribution in [0.5, 0.6) is 0 Å². The first-order chi connectivity index (χ1) is 21.8. The molecule has 0 saturated carbocycles. The van der Waals surface area contributed by atoms with Gasteiger partial charge in [-0.2, -0.15) is 0 Å². The molecular formula is C37H66O8. The molecule has 45 heavy (non-hydrogen) atoms. The van der Waals surface area contributed by atoms with Crippen molar-refractivity contribution in [2.45, 2.75) is 216 Å². The normalized spacial score (nSPS) is 27.8. The Morgan fingerprint density at radius 1 is 0.644 bits per heavy atom. The molecule has 8 heteroatoms. The fourth-order valence-corrected chi connectivity index (χ4v) is 7.29. The largest absolute Gasteiger partial charge is 0.455 e. The fraction of sp³-hybridized carbons (Fsp3) is 0.919. The third kappa shape index (κ3) is 14.3.